The van der Waals surface area contributed by atoms with Gasteiger partial charge in [-0.3, -0.25) is 4.79 Å². The zero-order valence-electron chi connectivity index (χ0n) is 18.2. The molecule has 0 saturated heterocycles. The molecule has 0 saturated carbocycles. The van der Waals surface area contributed by atoms with Crippen molar-refractivity contribution < 1.29 is 22.7 Å². The summed E-state index contributed by atoms with van der Waals surface area (Å²) in [4.78, 5) is 12.4. The Balaban J connectivity index is 2.23. The average molecular weight is 435 g/mol. The zero-order chi connectivity index (χ0) is 22.3. The Hall–Kier alpha value is -2.58. The van der Waals surface area contributed by atoms with Gasteiger partial charge < -0.3 is 14.8 Å². The van der Waals surface area contributed by atoms with Crippen LogP contribution >= 0.6 is 0 Å². The van der Waals surface area contributed by atoms with E-state index in [-0.39, 0.29) is 23.2 Å². The van der Waals surface area contributed by atoms with Gasteiger partial charge in [0.1, 0.15) is 16.4 Å². The largest absolute Gasteiger partial charge is 0.492 e. The summed E-state index contributed by atoms with van der Waals surface area (Å²) in [6.45, 7) is 9.99. The maximum Gasteiger partial charge on any atom is 0.262 e. The standard InChI is InChI=1S/C22H30N2O5S/c1-6-24(7-2)30(26,27)20-14-18(12-13-19(20)28-8-3)23-21(25)15-29-22-16(4)10-9-11-17(22)5/h9-14H,6-8,15H2,1-5H3,(H,23,25). The minimum absolute atomic E-state index is 0.0292. The highest BCUT2D eigenvalue weighted by Crippen LogP contribution is 2.30. The normalized spacial score (nSPS) is 11.4. The van der Waals surface area contributed by atoms with Crippen molar-refractivity contribution in [3.8, 4) is 11.5 Å². The molecule has 0 atom stereocenters. The molecule has 0 bridgehead atoms. The maximum absolute atomic E-state index is 13.0. The molecule has 1 N–H and O–H groups in total. The summed E-state index contributed by atoms with van der Waals surface area (Å²) >= 11 is 0. The molecule has 7 nitrogen and oxygen atoms in total. The van der Waals surface area contributed by atoms with Crippen molar-refractivity contribution in [2.24, 2.45) is 0 Å². The van der Waals surface area contributed by atoms with Crippen molar-refractivity contribution in [3.05, 3.63) is 47.5 Å². The molecule has 0 aromatic heterocycles. The van der Waals surface area contributed by atoms with Crippen molar-refractivity contribution in [1.82, 2.24) is 4.31 Å². The maximum atomic E-state index is 13.0. The number of carbonyl (C=O) groups excluding carboxylic acids is 1. The lowest BCUT2D eigenvalue weighted by molar-refractivity contribution is -0.118. The van der Waals surface area contributed by atoms with E-state index in [1.807, 2.05) is 32.0 Å². The van der Waals surface area contributed by atoms with Crippen molar-refractivity contribution in [1.29, 1.82) is 0 Å². The first-order chi connectivity index (χ1) is 14.2. The molecule has 0 aliphatic heterocycles. The summed E-state index contributed by atoms with van der Waals surface area (Å²) in [6, 6.07) is 10.4. The Morgan fingerprint density at radius 1 is 1.00 bits per heavy atom. The van der Waals surface area contributed by atoms with E-state index in [0.717, 1.165) is 11.1 Å². The summed E-state index contributed by atoms with van der Waals surface area (Å²) in [5, 5.41) is 2.71. The number of anilines is 1. The van der Waals surface area contributed by atoms with Crippen LogP contribution in [0.1, 0.15) is 31.9 Å². The second-order valence-corrected chi connectivity index (χ2v) is 8.65. The number of nitrogens with one attached hydrogen (secondary N) is 1. The van der Waals surface area contributed by atoms with Gasteiger partial charge >= 0.3 is 0 Å². The van der Waals surface area contributed by atoms with Crippen molar-refractivity contribution in [3.63, 3.8) is 0 Å². The Kier molecular flexibility index (Phi) is 8.25. The van der Waals surface area contributed by atoms with Gasteiger partial charge in [0.2, 0.25) is 10.0 Å². The zero-order valence-corrected chi connectivity index (χ0v) is 19.0. The molecule has 2 aromatic carbocycles. The van der Waals surface area contributed by atoms with Crippen LogP contribution in [-0.4, -0.2) is 44.9 Å². The van der Waals surface area contributed by atoms with E-state index in [1.165, 1.54) is 10.4 Å². The number of para-hydroxylation sites is 1. The topological polar surface area (TPSA) is 84.9 Å². The summed E-state index contributed by atoms with van der Waals surface area (Å²) in [6.07, 6.45) is 0. The molecule has 2 rings (SSSR count). The molecule has 30 heavy (non-hydrogen) atoms. The molecule has 0 spiro atoms. The first kappa shape index (κ1) is 23.7. The molecule has 0 heterocycles. The van der Waals surface area contributed by atoms with E-state index < -0.39 is 10.0 Å². The first-order valence-electron chi connectivity index (χ1n) is 10.00. The second-order valence-electron chi connectivity index (χ2n) is 6.74. The third kappa shape index (κ3) is 5.52. The van der Waals surface area contributed by atoms with Crippen molar-refractivity contribution >= 4 is 21.6 Å². The molecule has 0 unspecified atom stereocenters. The van der Waals surface area contributed by atoms with E-state index in [2.05, 4.69) is 5.32 Å². The van der Waals surface area contributed by atoms with Crippen molar-refractivity contribution in [2.45, 2.75) is 39.5 Å². The highest BCUT2D eigenvalue weighted by atomic mass is 32.2. The molecule has 0 radical (unpaired) electrons. The Bertz CT molecular complexity index is 965. The van der Waals surface area contributed by atoms with E-state index in [4.69, 9.17) is 9.47 Å². The van der Waals surface area contributed by atoms with Crippen LogP contribution in [0.3, 0.4) is 0 Å². The van der Waals surface area contributed by atoms with Crippen LogP contribution in [0.4, 0.5) is 5.69 Å². The van der Waals surface area contributed by atoms with Gasteiger partial charge in [0, 0.05) is 18.8 Å². The number of amides is 1. The molecule has 0 aliphatic carbocycles. The van der Waals surface area contributed by atoms with Crippen LogP contribution in [-0.2, 0) is 14.8 Å². The minimum Gasteiger partial charge on any atom is -0.492 e. The number of hydrogen-bond acceptors (Lipinski definition) is 5. The van der Waals surface area contributed by atoms with Gasteiger partial charge in [-0.2, -0.15) is 4.31 Å². The highest BCUT2D eigenvalue weighted by molar-refractivity contribution is 7.89. The van der Waals surface area contributed by atoms with E-state index in [9.17, 15) is 13.2 Å². The van der Waals surface area contributed by atoms with Crippen LogP contribution in [0.2, 0.25) is 0 Å². The van der Waals surface area contributed by atoms with Gasteiger partial charge in [-0.05, 0) is 50.1 Å². The number of hydrogen-bond donors (Lipinski definition) is 1. The molecule has 0 fully saturated rings. The molecule has 8 heteroatoms. The van der Waals surface area contributed by atoms with E-state index in [0.29, 0.717) is 31.1 Å². The number of benzene rings is 2. The lowest BCUT2D eigenvalue weighted by Crippen LogP contribution is -2.31. The average Bonchev–Trinajstić information content (AvgIpc) is 2.69. The molecule has 0 aliphatic rings. The summed E-state index contributed by atoms with van der Waals surface area (Å²) in [5.74, 6) is 0.548. The van der Waals surface area contributed by atoms with Gasteiger partial charge in [-0.15, -0.1) is 0 Å². The quantitative estimate of drug-likeness (QED) is 0.616. The van der Waals surface area contributed by atoms with Gasteiger partial charge in [0.15, 0.2) is 6.61 Å². The summed E-state index contributed by atoms with van der Waals surface area (Å²) < 4.78 is 38.6. The van der Waals surface area contributed by atoms with Crippen LogP contribution in [0.25, 0.3) is 0 Å². The number of sulfonamides is 1. The number of ether oxygens (including phenoxy) is 2. The smallest absolute Gasteiger partial charge is 0.262 e. The molecular formula is C22H30N2O5S. The van der Waals surface area contributed by atoms with Crippen molar-refractivity contribution in [2.75, 3.05) is 31.6 Å². The summed E-state index contributed by atoms with van der Waals surface area (Å²) in [7, 11) is -3.75. The third-order valence-electron chi connectivity index (χ3n) is 4.61. The summed E-state index contributed by atoms with van der Waals surface area (Å²) in [5.41, 5.74) is 2.24. The molecule has 164 valence electrons. The van der Waals surface area contributed by atoms with Gasteiger partial charge in [-0.1, -0.05) is 32.0 Å². The fraction of sp³-hybridized carbons (Fsp3) is 0.409. The predicted molar refractivity (Wildman–Crippen MR) is 118 cm³/mol. The van der Waals surface area contributed by atoms with Crippen LogP contribution in [0, 0.1) is 13.8 Å². The second kappa shape index (κ2) is 10.4. The Labute approximate surface area is 179 Å². The monoisotopic (exact) mass is 434 g/mol. The lowest BCUT2D eigenvalue weighted by atomic mass is 10.1. The van der Waals surface area contributed by atoms with Crippen LogP contribution in [0.5, 0.6) is 11.5 Å². The first-order valence-corrected chi connectivity index (χ1v) is 11.4. The number of nitrogens with zero attached hydrogens (tertiary/aromatic N) is 1. The fourth-order valence-electron chi connectivity index (χ4n) is 3.13. The lowest BCUT2D eigenvalue weighted by Gasteiger charge is -2.21. The third-order valence-corrected chi connectivity index (χ3v) is 6.68. The van der Waals surface area contributed by atoms with Gasteiger partial charge in [0.25, 0.3) is 5.91 Å². The Morgan fingerprint density at radius 3 is 2.20 bits per heavy atom. The van der Waals surface area contributed by atoms with Crippen LogP contribution < -0.4 is 14.8 Å². The fourth-order valence-corrected chi connectivity index (χ4v) is 4.74. The van der Waals surface area contributed by atoms with Gasteiger partial charge in [-0.25, -0.2) is 8.42 Å². The Morgan fingerprint density at radius 2 is 1.63 bits per heavy atom. The predicted octanol–water partition coefficient (Wildman–Crippen LogP) is 3.75. The minimum atomic E-state index is -3.75. The number of rotatable bonds is 10. The van der Waals surface area contributed by atoms with E-state index >= 15 is 0 Å². The van der Waals surface area contributed by atoms with E-state index in [1.54, 1.807) is 32.9 Å². The molecule has 1 amide bonds. The number of aryl methyl sites for hydroxylation is 2. The SMILES string of the molecule is CCOc1ccc(NC(=O)COc2c(C)cccc2C)cc1S(=O)(=O)N(CC)CC. The number of carbonyl (C=O) groups is 1. The van der Waals surface area contributed by atoms with Gasteiger partial charge in [0.05, 0.1) is 6.61 Å². The highest BCUT2D eigenvalue weighted by Gasteiger charge is 2.26. The molecule has 2 aromatic rings. The molecular weight excluding hydrogens is 404 g/mol. The van der Waals surface area contributed by atoms with Crippen LogP contribution in [0.15, 0.2) is 41.3 Å².